The topological polar surface area (TPSA) is 54.3 Å². The zero-order chi connectivity index (χ0) is 19.1. The van der Waals surface area contributed by atoms with Gasteiger partial charge in [0.25, 0.3) is 5.91 Å². The molecule has 4 rings (SSSR count). The highest BCUT2D eigenvalue weighted by molar-refractivity contribution is 5.95. The third-order valence-corrected chi connectivity index (χ3v) is 6.67. The van der Waals surface area contributed by atoms with Crippen LogP contribution in [0.5, 0.6) is 0 Å². The van der Waals surface area contributed by atoms with Gasteiger partial charge in [0.2, 0.25) is 0 Å². The summed E-state index contributed by atoms with van der Waals surface area (Å²) in [6.45, 7) is 1.94. The summed E-state index contributed by atoms with van der Waals surface area (Å²) < 4.78 is 1.74. The predicted octanol–water partition coefficient (Wildman–Crippen LogP) is 2.77. The van der Waals surface area contributed by atoms with E-state index in [9.17, 15) is 4.79 Å². The molecule has 4 atom stereocenters. The van der Waals surface area contributed by atoms with Crippen LogP contribution in [-0.2, 0) is 0 Å². The third-order valence-electron chi connectivity index (χ3n) is 6.67. The highest BCUT2D eigenvalue weighted by Crippen LogP contribution is 2.46. The van der Waals surface area contributed by atoms with Crippen LogP contribution in [0.4, 0.5) is 0 Å². The molecule has 0 N–H and O–H groups in total. The molecule has 2 saturated carbocycles. The fourth-order valence-electron chi connectivity index (χ4n) is 4.98. The lowest BCUT2D eigenvalue weighted by Gasteiger charge is -2.27. The second-order valence-electron chi connectivity index (χ2n) is 8.39. The van der Waals surface area contributed by atoms with Crippen molar-refractivity contribution >= 4 is 5.91 Å². The van der Waals surface area contributed by atoms with Crippen molar-refractivity contribution in [2.24, 2.45) is 11.8 Å². The zero-order valence-electron chi connectivity index (χ0n) is 16.7. The van der Waals surface area contributed by atoms with Crippen LogP contribution in [0.3, 0.4) is 0 Å². The largest absolute Gasteiger partial charge is 0.339 e. The number of carbonyl (C=O) groups is 1. The van der Waals surface area contributed by atoms with Crippen molar-refractivity contribution in [2.75, 3.05) is 21.1 Å². The summed E-state index contributed by atoms with van der Waals surface area (Å²) in [5.74, 6) is 2.33. The average Bonchev–Trinajstić information content (AvgIpc) is 3.34. The van der Waals surface area contributed by atoms with Gasteiger partial charge in [-0.2, -0.15) is 5.10 Å². The first-order valence-electron chi connectivity index (χ1n) is 9.85. The van der Waals surface area contributed by atoms with Gasteiger partial charge in [0.15, 0.2) is 5.82 Å². The molecule has 0 radical (unpaired) electrons. The second-order valence-corrected chi connectivity index (χ2v) is 8.39. The monoisotopic (exact) mass is 367 g/mol. The maximum absolute atomic E-state index is 13.1. The normalized spacial score (nSPS) is 27.1. The van der Waals surface area contributed by atoms with E-state index in [-0.39, 0.29) is 5.91 Å². The number of amides is 1. The molecule has 2 aromatic heterocycles. The van der Waals surface area contributed by atoms with Crippen LogP contribution in [0.25, 0.3) is 5.82 Å². The van der Waals surface area contributed by atoms with Gasteiger partial charge in [-0.25, -0.2) is 9.67 Å². The van der Waals surface area contributed by atoms with E-state index >= 15 is 0 Å². The van der Waals surface area contributed by atoms with E-state index in [0.29, 0.717) is 17.6 Å². The molecule has 2 aliphatic rings. The Morgan fingerprint density at radius 3 is 2.33 bits per heavy atom. The molecule has 1 amide bonds. The molecule has 0 aliphatic heterocycles. The first kappa shape index (κ1) is 18.2. The van der Waals surface area contributed by atoms with Crippen molar-refractivity contribution in [1.82, 2.24) is 24.6 Å². The van der Waals surface area contributed by atoms with Crippen LogP contribution in [0.15, 0.2) is 30.6 Å². The molecule has 6 nitrogen and oxygen atoms in total. The van der Waals surface area contributed by atoms with Gasteiger partial charge in [-0.1, -0.05) is 6.07 Å². The summed E-state index contributed by atoms with van der Waals surface area (Å²) in [5.41, 5.74) is 1.52. The molecule has 27 heavy (non-hydrogen) atoms. The summed E-state index contributed by atoms with van der Waals surface area (Å²) in [6, 6.07) is 6.75. The fourth-order valence-corrected chi connectivity index (χ4v) is 4.98. The van der Waals surface area contributed by atoms with Crippen LogP contribution in [-0.4, -0.2) is 63.7 Å². The Morgan fingerprint density at radius 1 is 1.07 bits per heavy atom. The van der Waals surface area contributed by atoms with Crippen LogP contribution in [0.2, 0.25) is 0 Å². The maximum atomic E-state index is 13.1. The van der Waals surface area contributed by atoms with Gasteiger partial charge >= 0.3 is 0 Å². The smallest absolute Gasteiger partial charge is 0.257 e. The average molecular weight is 367 g/mol. The third kappa shape index (κ3) is 3.27. The van der Waals surface area contributed by atoms with Gasteiger partial charge in [-0.05, 0) is 70.7 Å². The van der Waals surface area contributed by atoms with Crippen molar-refractivity contribution in [2.45, 2.75) is 44.7 Å². The van der Waals surface area contributed by atoms with Crippen molar-refractivity contribution in [3.05, 3.63) is 41.9 Å². The Bertz CT molecular complexity index is 801. The summed E-state index contributed by atoms with van der Waals surface area (Å²) in [5, 5.41) is 4.40. The number of fused-ring (bicyclic) bond motifs is 1. The van der Waals surface area contributed by atoms with Gasteiger partial charge in [0.05, 0.1) is 17.5 Å². The highest BCUT2D eigenvalue weighted by Gasteiger charge is 2.44. The maximum Gasteiger partial charge on any atom is 0.257 e. The number of aromatic nitrogens is 3. The number of nitrogens with zero attached hydrogens (tertiary/aromatic N) is 5. The van der Waals surface area contributed by atoms with Gasteiger partial charge in [0, 0.05) is 25.3 Å². The Kier molecular flexibility index (Phi) is 4.76. The van der Waals surface area contributed by atoms with Crippen molar-refractivity contribution in [3.8, 4) is 5.82 Å². The number of carbonyl (C=O) groups excluding carboxylic acids is 1. The molecule has 2 aromatic rings. The quantitative estimate of drug-likeness (QED) is 0.834. The van der Waals surface area contributed by atoms with Crippen molar-refractivity contribution in [1.29, 1.82) is 0 Å². The molecule has 144 valence electrons. The Labute approximate surface area is 161 Å². The summed E-state index contributed by atoms with van der Waals surface area (Å²) >= 11 is 0. The molecule has 0 aromatic carbocycles. The molecule has 0 bridgehead atoms. The molecule has 0 spiro atoms. The summed E-state index contributed by atoms with van der Waals surface area (Å²) in [6.07, 6.45) is 8.22. The second kappa shape index (κ2) is 7.08. The summed E-state index contributed by atoms with van der Waals surface area (Å²) in [4.78, 5) is 21.8. The molecule has 2 fully saturated rings. The lowest BCUT2D eigenvalue weighted by atomic mass is 10.0. The van der Waals surface area contributed by atoms with E-state index in [2.05, 4.69) is 29.1 Å². The Balaban J connectivity index is 1.46. The van der Waals surface area contributed by atoms with Crippen LogP contribution < -0.4 is 0 Å². The van der Waals surface area contributed by atoms with Crippen LogP contribution >= 0.6 is 0 Å². The minimum Gasteiger partial charge on any atom is -0.339 e. The number of pyridine rings is 1. The number of hydrogen-bond acceptors (Lipinski definition) is 4. The Hall–Kier alpha value is -2.21. The van der Waals surface area contributed by atoms with E-state index in [1.807, 2.05) is 37.1 Å². The van der Waals surface area contributed by atoms with Gasteiger partial charge in [-0.3, -0.25) is 4.79 Å². The zero-order valence-corrected chi connectivity index (χ0v) is 16.7. The lowest BCUT2D eigenvalue weighted by molar-refractivity contribution is 0.0725. The van der Waals surface area contributed by atoms with Crippen molar-refractivity contribution in [3.63, 3.8) is 0 Å². The molecule has 6 heteroatoms. The van der Waals surface area contributed by atoms with E-state index in [4.69, 9.17) is 0 Å². The van der Waals surface area contributed by atoms with Gasteiger partial charge in [0.1, 0.15) is 0 Å². The standard InChI is InChI=1S/C21H29N5O/c1-14-19(13-23-26(14)20-7-5-6-8-22-20)21(27)25(4)18-11-15-9-17(24(2)3)10-16(15)12-18/h5-8,13,15-18H,9-12H2,1-4H3/t15-,16+,17?,18?. The molecule has 2 aliphatic carbocycles. The first-order valence-corrected chi connectivity index (χ1v) is 9.85. The molecule has 2 unspecified atom stereocenters. The fraction of sp³-hybridized carbons (Fsp3) is 0.571. The minimum absolute atomic E-state index is 0.0730. The molecular weight excluding hydrogens is 338 g/mol. The molecular formula is C21H29N5O. The van der Waals surface area contributed by atoms with E-state index in [0.717, 1.165) is 36.2 Å². The Morgan fingerprint density at radius 2 is 1.74 bits per heavy atom. The first-order chi connectivity index (χ1) is 13.0. The predicted molar refractivity (Wildman–Crippen MR) is 105 cm³/mol. The molecule has 2 heterocycles. The number of hydrogen-bond donors (Lipinski definition) is 0. The van der Waals surface area contributed by atoms with Crippen LogP contribution in [0.1, 0.15) is 41.7 Å². The molecule has 0 saturated heterocycles. The minimum atomic E-state index is 0.0730. The van der Waals surface area contributed by atoms with E-state index in [1.54, 1.807) is 17.1 Å². The van der Waals surface area contributed by atoms with Crippen molar-refractivity contribution < 1.29 is 4.79 Å². The van der Waals surface area contributed by atoms with Crippen LogP contribution in [0, 0.1) is 18.8 Å². The number of rotatable bonds is 4. The van der Waals surface area contributed by atoms with Gasteiger partial charge in [-0.15, -0.1) is 0 Å². The highest BCUT2D eigenvalue weighted by atomic mass is 16.2. The summed E-state index contributed by atoms with van der Waals surface area (Å²) in [7, 11) is 6.32. The van der Waals surface area contributed by atoms with E-state index in [1.165, 1.54) is 12.8 Å². The SMILES string of the molecule is Cc1c(C(=O)N(C)C2C[C@H]3CC(N(C)C)C[C@H]3C2)cnn1-c1ccccn1. The van der Waals surface area contributed by atoms with E-state index < -0.39 is 0 Å². The lowest BCUT2D eigenvalue weighted by Crippen LogP contribution is -2.36. The van der Waals surface area contributed by atoms with Gasteiger partial charge < -0.3 is 9.80 Å².